The maximum atomic E-state index is 12.5. The first-order valence-electron chi connectivity index (χ1n) is 7.59. The van der Waals surface area contributed by atoms with Gasteiger partial charge in [0.1, 0.15) is 4.32 Å². The van der Waals surface area contributed by atoms with Crippen molar-refractivity contribution >= 4 is 46.3 Å². The number of carbonyl (C=O) groups is 2. The third-order valence-electron chi connectivity index (χ3n) is 3.26. The smallest absolute Gasteiger partial charge is 0.341 e. The van der Waals surface area contributed by atoms with Gasteiger partial charge in [0.2, 0.25) is 0 Å². The van der Waals surface area contributed by atoms with Crippen LogP contribution in [0.1, 0.15) is 19.4 Å². The van der Waals surface area contributed by atoms with Crippen molar-refractivity contribution in [3.05, 3.63) is 28.7 Å². The number of hydrogen-bond donors (Lipinski definition) is 1. The number of carboxylic acids is 1. The summed E-state index contributed by atoms with van der Waals surface area (Å²) in [6.07, 6.45) is 1.74. The zero-order valence-corrected chi connectivity index (χ0v) is 15.8. The number of carboxylic acid groups (broad SMARTS) is 1. The standard InChI is InChI=1S/C17H19NO5S2/c1-10(2)8-18-16(21)14(25-17(18)24)7-11-4-5-12(13(6-11)22-3)23-9-15(19)20/h4-7,10H,8-9H2,1-3H3,(H,19,20). The van der Waals surface area contributed by atoms with Gasteiger partial charge in [-0.25, -0.2) is 4.79 Å². The van der Waals surface area contributed by atoms with E-state index in [1.165, 1.54) is 18.9 Å². The summed E-state index contributed by atoms with van der Waals surface area (Å²) in [6.45, 7) is 4.20. The van der Waals surface area contributed by atoms with Gasteiger partial charge in [-0.3, -0.25) is 9.69 Å². The number of methoxy groups -OCH3 is 1. The molecule has 1 N–H and O–H groups in total. The molecule has 0 spiro atoms. The Morgan fingerprint density at radius 2 is 2.12 bits per heavy atom. The molecule has 0 radical (unpaired) electrons. The molecule has 0 atom stereocenters. The molecule has 0 aliphatic carbocycles. The van der Waals surface area contributed by atoms with Crippen LogP contribution in [0.4, 0.5) is 0 Å². The van der Waals surface area contributed by atoms with E-state index in [9.17, 15) is 9.59 Å². The molecule has 1 amide bonds. The molecule has 1 fully saturated rings. The number of amides is 1. The highest BCUT2D eigenvalue weighted by Crippen LogP contribution is 2.35. The molecule has 0 unspecified atom stereocenters. The normalized spacial score (nSPS) is 16.0. The fraction of sp³-hybridized carbons (Fsp3) is 0.353. The van der Waals surface area contributed by atoms with Gasteiger partial charge in [-0.2, -0.15) is 0 Å². The van der Waals surface area contributed by atoms with Crippen molar-refractivity contribution in [1.29, 1.82) is 0 Å². The van der Waals surface area contributed by atoms with Crippen molar-refractivity contribution in [3.63, 3.8) is 0 Å². The highest BCUT2D eigenvalue weighted by atomic mass is 32.2. The Kier molecular flexibility index (Phi) is 6.44. The molecule has 0 saturated carbocycles. The van der Waals surface area contributed by atoms with E-state index in [-0.39, 0.29) is 5.91 Å². The average molecular weight is 381 g/mol. The van der Waals surface area contributed by atoms with Crippen LogP contribution in [0.2, 0.25) is 0 Å². The number of aliphatic carboxylic acids is 1. The Balaban J connectivity index is 2.22. The SMILES string of the molecule is COc1cc(C=C2SC(=S)N(CC(C)C)C2=O)ccc1OCC(=O)O. The zero-order valence-electron chi connectivity index (χ0n) is 14.1. The van der Waals surface area contributed by atoms with Crippen molar-refractivity contribution in [2.75, 3.05) is 20.3 Å². The summed E-state index contributed by atoms with van der Waals surface area (Å²) in [6, 6.07) is 5.03. The molecule has 25 heavy (non-hydrogen) atoms. The first kappa shape index (κ1) is 19.3. The maximum absolute atomic E-state index is 12.5. The number of thioether (sulfide) groups is 1. The van der Waals surface area contributed by atoms with Gasteiger partial charge in [0.15, 0.2) is 18.1 Å². The van der Waals surface area contributed by atoms with E-state index < -0.39 is 12.6 Å². The Labute approximate surface area is 155 Å². The van der Waals surface area contributed by atoms with Crippen LogP contribution in [0.25, 0.3) is 6.08 Å². The molecule has 8 heteroatoms. The largest absolute Gasteiger partial charge is 0.493 e. The fourth-order valence-electron chi connectivity index (χ4n) is 2.21. The molecule has 1 aromatic rings. The van der Waals surface area contributed by atoms with Gasteiger partial charge in [-0.1, -0.05) is 43.9 Å². The van der Waals surface area contributed by atoms with Crippen LogP contribution in [0.15, 0.2) is 23.1 Å². The first-order chi connectivity index (χ1) is 11.8. The minimum Gasteiger partial charge on any atom is -0.493 e. The summed E-state index contributed by atoms with van der Waals surface area (Å²) in [5, 5.41) is 8.69. The molecule has 1 saturated heterocycles. The van der Waals surface area contributed by atoms with Crippen LogP contribution >= 0.6 is 24.0 Å². The van der Waals surface area contributed by atoms with Crippen LogP contribution < -0.4 is 9.47 Å². The van der Waals surface area contributed by atoms with Crippen LogP contribution in [-0.2, 0) is 9.59 Å². The predicted molar refractivity (Wildman–Crippen MR) is 101 cm³/mol. The van der Waals surface area contributed by atoms with Gasteiger partial charge >= 0.3 is 5.97 Å². The molecule has 1 aromatic carbocycles. The molecule has 6 nitrogen and oxygen atoms in total. The second-order valence-electron chi connectivity index (χ2n) is 5.78. The quantitative estimate of drug-likeness (QED) is 0.575. The minimum absolute atomic E-state index is 0.103. The molecule has 0 aromatic heterocycles. The number of hydrogen-bond acceptors (Lipinski definition) is 6. The highest BCUT2D eigenvalue weighted by Gasteiger charge is 2.32. The van der Waals surface area contributed by atoms with Gasteiger partial charge in [0.25, 0.3) is 5.91 Å². The van der Waals surface area contributed by atoms with Crippen molar-refractivity contribution in [2.45, 2.75) is 13.8 Å². The summed E-state index contributed by atoms with van der Waals surface area (Å²) < 4.78 is 11.0. The number of benzene rings is 1. The second-order valence-corrected chi connectivity index (χ2v) is 7.45. The van der Waals surface area contributed by atoms with Gasteiger partial charge in [-0.05, 0) is 29.7 Å². The molecule has 0 bridgehead atoms. The van der Waals surface area contributed by atoms with Crippen LogP contribution in [0, 0.1) is 5.92 Å². The predicted octanol–water partition coefficient (Wildman–Crippen LogP) is 3.02. The maximum Gasteiger partial charge on any atom is 0.341 e. The van der Waals surface area contributed by atoms with E-state index in [2.05, 4.69) is 0 Å². The third kappa shape index (κ3) is 4.96. The lowest BCUT2D eigenvalue weighted by molar-refractivity contribution is -0.139. The van der Waals surface area contributed by atoms with Crippen molar-refractivity contribution in [2.24, 2.45) is 5.92 Å². The monoisotopic (exact) mass is 381 g/mol. The van der Waals surface area contributed by atoms with Gasteiger partial charge < -0.3 is 14.6 Å². The Morgan fingerprint density at radius 1 is 1.40 bits per heavy atom. The molecule has 2 rings (SSSR count). The number of nitrogens with zero attached hydrogens (tertiary/aromatic N) is 1. The van der Waals surface area contributed by atoms with E-state index in [0.29, 0.717) is 33.2 Å². The molecular formula is C17H19NO5S2. The second kappa shape index (κ2) is 8.35. The molecular weight excluding hydrogens is 362 g/mol. The van der Waals surface area contributed by atoms with E-state index in [1.807, 2.05) is 13.8 Å². The summed E-state index contributed by atoms with van der Waals surface area (Å²) >= 11 is 6.55. The van der Waals surface area contributed by atoms with E-state index in [1.54, 1.807) is 29.2 Å². The summed E-state index contributed by atoms with van der Waals surface area (Å²) in [7, 11) is 1.47. The van der Waals surface area contributed by atoms with Crippen LogP contribution in [0.5, 0.6) is 11.5 Å². The summed E-state index contributed by atoms with van der Waals surface area (Å²) in [4.78, 5) is 25.3. The lowest BCUT2D eigenvalue weighted by atomic mass is 10.1. The Morgan fingerprint density at radius 3 is 2.72 bits per heavy atom. The topological polar surface area (TPSA) is 76.1 Å². The number of ether oxygens (including phenoxy) is 2. The molecule has 134 valence electrons. The summed E-state index contributed by atoms with van der Waals surface area (Å²) in [5.41, 5.74) is 0.740. The van der Waals surface area contributed by atoms with Crippen LogP contribution in [0.3, 0.4) is 0 Å². The first-order valence-corrected chi connectivity index (χ1v) is 8.82. The number of thiocarbonyl (C=S) groups is 1. The van der Waals surface area contributed by atoms with Crippen molar-refractivity contribution in [1.82, 2.24) is 4.90 Å². The Hall–Kier alpha value is -2.06. The fourth-order valence-corrected chi connectivity index (χ4v) is 3.48. The van der Waals surface area contributed by atoms with Crippen molar-refractivity contribution < 1.29 is 24.2 Å². The van der Waals surface area contributed by atoms with Gasteiger partial charge in [-0.15, -0.1) is 0 Å². The van der Waals surface area contributed by atoms with Gasteiger partial charge in [0.05, 0.1) is 12.0 Å². The summed E-state index contributed by atoms with van der Waals surface area (Å²) in [5.74, 6) is -0.122. The average Bonchev–Trinajstić information content (AvgIpc) is 2.80. The zero-order chi connectivity index (χ0) is 18.6. The highest BCUT2D eigenvalue weighted by molar-refractivity contribution is 8.26. The van der Waals surface area contributed by atoms with E-state index in [0.717, 1.165) is 5.56 Å². The number of rotatable bonds is 7. The van der Waals surface area contributed by atoms with E-state index in [4.69, 9.17) is 26.8 Å². The number of carbonyl (C=O) groups excluding carboxylic acids is 1. The minimum atomic E-state index is -1.07. The van der Waals surface area contributed by atoms with Gasteiger partial charge in [0, 0.05) is 6.54 Å². The van der Waals surface area contributed by atoms with Crippen molar-refractivity contribution in [3.8, 4) is 11.5 Å². The molecule has 1 aliphatic heterocycles. The third-order valence-corrected chi connectivity index (χ3v) is 4.64. The lowest BCUT2D eigenvalue weighted by Crippen LogP contribution is -2.31. The van der Waals surface area contributed by atoms with Crippen LogP contribution in [-0.4, -0.2) is 46.5 Å². The lowest BCUT2D eigenvalue weighted by Gasteiger charge is -2.16. The van der Waals surface area contributed by atoms with E-state index >= 15 is 0 Å². The molecule has 1 aliphatic rings. The molecule has 1 heterocycles. The Bertz CT molecular complexity index is 730.